The minimum absolute atomic E-state index is 0.0560. The molecule has 0 aromatic carbocycles. The number of imide groups is 1. The van der Waals surface area contributed by atoms with E-state index in [0.29, 0.717) is 10.8 Å². The first kappa shape index (κ1) is 22.9. The first-order valence-corrected chi connectivity index (χ1v) is 13.2. The number of amides is 2. The van der Waals surface area contributed by atoms with E-state index in [0.717, 1.165) is 57.9 Å². The highest BCUT2D eigenvalue weighted by molar-refractivity contribution is 7.19. The maximum atomic E-state index is 12.8. The van der Waals surface area contributed by atoms with Crippen molar-refractivity contribution in [3.63, 3.8) is 0 Å². The van der Waals surface area contributed by atoms with Gasteiger partial charge in [0.05, 0.1) is 28.6 Å². The lowest BCUT2D eigenvalue weighted by atomic mass is 10.1. The second kappa shape index (κ2) is 8.25. The Morgan fingerprint density at radius 2 is 2.03 bits per heavy atom. The van der Waals surface area contributed by atoms with Crippen molar-refractivity contribution in [1.29, 1.82) is 0 Å². The SMILES string of the molecule is Cc1cc(Cl)nc(-c2ccnc3cc(CN4C(=O)C5C(C4=O)C5(C)C)sc23)c1O[C@H]1CCCNC1. The van der Waals surface area contributed by atoms with Gasteiger partial charge in [0.25, 0.3) is 0 Å². The predicted molar refractivity (Wildman–Crippen MR) is 135 cm³/mol. The van der Waals surface area contributed by atoms with Gasteiger partial charge < -0.3 is 10.1 Å². The van der Waals surface area contributed by atoms with E-state index in [4.69, 9.17) is 16.3 Å². The van der Waals surface area contributed by atoms with Gasteiger partial charge >= 0.3 is 0 Å². The molecule has 0 spiro atoms. The van der Waals surface area contributed by atoms with Crippen molar-refractivity contribution >= 4 is 45.0 Å². The Balaban J connectivity index is 1.35. The van der Waals surface area contributed by atoms with E-state index < -0.39 is 0 Å². The van der Waals surface area contributed by atoms with Crippen LogP contribution >= 0.6 is 22.9 Å². The number of hydrogen-bond donors (Lipinski definition) is 1. The molecule has 6 rings (SSSR count). The van der Waals surface area contributed by atoms with Crippen LogP contribution in [0.4, 0.5) is 0 Å². The number of pyridine rings is 2. The smallest absolute Gasteiger partial charge is 0.234 e. The van der Waals surface area contributed by atoms with Crippen LogP contribution in [0.25, 0.3) is 21.5 Å². The molecule has 0 bridgehead atoms. The molecule has 1 N–H and O–H groups in total. The number of thiophene rings is 1. The summed E-state index contributed by atoms with van der Waals surface area (Å²) in [6.45, 7) is 8.06. The monoisotopic (exact) mass is 510 g/mol. The van der Waals surface area contributed by atoms with Crippen molar-refractivity contribution in [3.05, 3.63) is 40.0 Å². The third-order valence-corrected chi connectivity index (χ3v) is 8.92. The quantitative estimate of drug-likeness (QED) is 0.399. The molecule has 3 aromatic rings. The Morgan fingerprint density at radius 3 is 2.74 bits per heavy atom. The Hall–Kier alpha value is -2.55. The topological polar surface area (TPSA) is 84.4 Å². The van der Waals surface area contributed by atoms with E-state index in [1.165, 1.54) is 16.2 Å². The lowest BCUT2D eigenvalue weighted by Crippen LogP contribution is -2.37. The van der Waals surface area contributed by atoms with Crippen molar-refractivity contribution in [3.8, 4) is 17.0 Å². The van der Waals surface area contributed by atoms with Gasteiger partial charge in [0.1, 0.15) is 22.7 Å². The molecule has 2 saturated heterocycles. The lowest BCUT2D eigenvalue weighted by molar-refractivity contribution is -0.143. The van der Waals surface area contributed by atoms with E-state index in [1.807, 2.05) is 39.0 Å². The molecular formula is C26H27ClN4O3S. The maximum absolute atomic E-state index is 12.8. The molecule has 3 aromatic heterocycles. The zero-order valence-electron chi connectivity index (χ0n) is 19.9. The molecular weight excluding hydrogens is 484 g/mol. The van der Waals surface area contributed by atoms with Crippen molar-refractivity contribution in [2.45, 2.75) is 46.3 Å². The highest BCUT2D eigenvalue weighted by Gasteiger charge is 2.72. The number of ether oxygens (including phenoxy) is 1. The standard InChI is InChI=1S/C26H27ClN4O3S/c1-13-9-18(27)30-21(22(13)34-14-5-4-7-28-11-14)16-6-8-29-17-10-15(35-23(16)17)12-31-24(32)19-20(25(31)33)26(19,2)3/h6,8-10,14,19-20,28H,4-5,7,11-12H2,1-3H3/t14-,19?,20?/m0/s1. The first-order valence-electron chi connectivity index (χ1n) is 12.0. The summed E-state index contributed by atoms with van der Waals surface area (Å²) in [6.07, 6.45) is 3.88. The van der Waals surface area contributed by atoms with E-state index in [2.05, 4.69) is 15.3 Å². The maximum Gasteiger partial charge on any atom is 0.234 e. The summed E-state index contributed by atoms with van der Waals surface area (Å²) in [5.41, 5.74) is 3.11. The van der Waals surface area contributed by atoms with Crippen LogP contribution in [-0.2, 0) is 16.1 Å². The number of nitrogens with one attached hydrogen (secondary N) is 1. The number of carbonyl (C=O) groups is 2. The summed E-state index contributed by atoms with van der Waals surface area (Å²) in [4.78, 5) is 37.2. The van der Waals surface area contributed by atoms with Crippen LogP contribution < -0.4 is 10.1 Å². The minimum atomic E-state index is -0.208. The molecule has 2 unspecified atom stereocenters. The molecule has 0 radical (unpaired) electrons. The van der Waals surface area contributed by atoms with Crippen LogP contribution in [0.15, 0.2) is 24.4 Å². The number of likely N-dealkylation sites (tertiary alicyclic amines) is 1. The molecule has 7 nitrogen and oxygen atoms in total. The van der Waals surface area contributed by atoms with E-state index >= 15 is 0 Å². The van der Waals surface area contributed by atoms with Gasteiger partial charge in [-0.25, -0.2) is 4.98 Å². The normalized spacial score (nSPS) is 25.3. The van der Waals surface area contributed by atoms with Crippen molar-refractivity contribution < 1.29 is 14.3 Å². The van der Waals surface area contributed by atoms with Gasteiger partial charge in [0, 0.05) is 23.2 Å². The number of aromatic nitrogens is 2. The van der Waals surface area contributed by atoms with Crippen molar-refractivity contribution in [2.75, 3.05) is 13.1 Å². The third kappa shape index (κ3) is 3.74. The fourth-order valence-electron chi connectivity index (χ4n) is 5.61. The largest absolute Gasteiger partial charge is 0.487 e. The van der Waals surface area contributed by atoms with Gasteiger partial charge in [-0.1, -0.05) is 25.4 Å². The molecule has 2 amide bonds. The highest BCUT2D eigenvalue weighted by atomic mass is 35.5. The van der Waals surface area contributed by atoms with Crippen molar-refractivity contribution in [1.82, 2.24) is 20.2 Å². The van der Waals surface area contributed by atoms with Crippen LogP contribution in [0, 0.1) is 24.2 Å². The minimum Gasteiger partial charge on any atom is -0.487 e. The second-order valence-electron chi connectivity index (χ2n) is 10.4. The van der Waals surface area contributed by atoms with E-state index in [-0.39, 0.29) is 41.7 Å². The number of rotatable bonds is 5. The average molecular weight is 511 g/mol. The van der Waals surface area contributed by atoms with Crippen LogP contribution in [0.5, 0.6) is 5.75 Å². The number of nitrogens with zero attached hydrogens (tertiary/aromatic N) is 3. The first-order chi connectivity index (χ1) is 16.8. The van der Waals surface area contributed by atoms with Crippen LogP contribution in [0.3, 0.4) is 0 Å². The molecule has 35 heavy (non-hydrogen) atoms. The van der Waals surface area contributed by atoms with Crippen LogP contribution in [0.1, 0.15) is 37.1 Å². The zero-order valence-corrected chi connectivity index (χ0v) is 21.5. The van der Waals surface area contributed by atoms with Gasteiger partial charge in [-0.2, -0.15) is 0 Å². The number of carbonyl (C=O) groups excluding carboxylic acids is 2. The third-order valence-electron chi connectivity index (χ3n) is 7.59. The molecule has 3 fully saturated rings. The number of piperidine rings is 2. The summed E-state index contributed by atoms with van der Waals surface area (Å²) in [5.74, 6) is 0.272. The van der Waals surface area contributed by atoms with E-state index in [9.17, 15) is 9.59 Å². The van der Waals surface area contributed by atoms with Gasteiger partial charge in [0.15, 0.2) is 0 Å². The van der Waals surface area contributed by atoms with Gasteiger partial charge in [-0.3, -0.25) is 19.5 Å². The average Bonchev–Trinajstić information content (AvgIpc) is 3.07. The fraction of sp³-hybridized carbons (Fsp3) is 0.462. The Morgan fingerprint density at radius 1 is 1.26 bits per heavy atom. The van der Waals surface area contributed by atoms with Crippen LogP contribution in [-0.4, -0.2) is 45.9 Å². The Bertz CT molecular complexity index is 1340. The molecule has 5 heterocycles. The molecule has 3 aliphatic rings. The van der Waals surface area contributed by atoms with Crippen molar-refractivity contribution in [2.24, 2.45) is 17.3 Å². The molecule has 182 valence electrons. The number of halogens is 1. The lowest BCUT2D eigenvalue weighted by Gasteiger charge is -2.26. The highest BCUT2D eigenvalue weighted by Crippen LogP contribution is 2.63. The predicted octanol–water partition coefficient (Wildman–Crippen LogP) is 4.59. The van der Waals surface area contributed by atoms with Gasteiger partial charge in [-0.05, 0) is 55.5 Å². The van der Waals surface area contributed by atoms with E-state index in [1.54, 1.807) is 6.20 Å². The second-order valence-corrected chi connectivity index (χ2v) is 11.9. The summed E-state index contributed by atoms with van der Waals surface area (Å²) >= 11 is 7.92. The summed E-state index contributed by atoms with van der Waals surface area (Å²) in [5, 5.41) is 3.80. The molecule has 1 saturated carbocycles. The number of hydrogen-bond acceptors (Lipinski definition) is 7. The van der Waals surface area contributed by atoms with Gasteiger partial charge in [0.2, 0.25) is 11.8 Å². The zero-order chi connectivity index (χ0) is 24.5. The summed E-state index contributed by atoms with van der Waals surface area (Å²) in [7, 11) is 0. The van der Waals surface area contributed by atoms with Gasteiger partial charge in [-0.15, -0.1) is 11.3 Å². The fourth-order valence-corrected chi connectivity index (χ4v) is 6.97. The molecule has 1 aliphatic carbocycles. The summed E-state index contributed by atoms with van der Waals surface area (Å²) in [6, 6.07) is 5.71. The summed E-state index contributed by atoms with van der Waals surface area (Å²) < 4.78 is 7.40. The Kier molecular flexibility index (Phi) is 5.39. The number of fused-ring (bicyclic) bond motifs is 2. The molecule has 9 heteroatoms. The molecule has 3 atom stereocenters. The Labute approximate surface area is 212 Å². The molecule has 2 aliphatic heterocycles. The van der Waals surface area contributed by atoms with Crippen LogP contribution in [0.2, 0.25) is 5.15 Å². The number of aryl methyl sites for hydroxylation is 1.